The van der Waals surface area contributed by atoms with E-state index in [0.717, 1.165) is 57.5 Å². The molecule has 8 heteroatoms. The number of thiophene rings is 1. The molecule has 2 aromatic heterocycles. The van der Waals surface area contributed by atoms with E-state index in [1.807, 2.05) is 17.4 Å². The maximum Gasteiger partial charge on any atom is 0.194 e. The monoisotopic (exact) mass is 489 g/mol. The molecule has 26 heavy (non-hydrogen) atoms. The fraction of sp³-hybridized carbons (Fsp3) is 0.556. The third kappa shape index (κ3) is 5.95. The van der Waals surface area contributed by atoms with Crippen molar-refractivity contribution in [2.75, 3.05) is 39.3 Å². The molecule has 1 atom stereocenters. The van der Waals surface area contributed by atoms with Crippen molar-refractivity contribution >= 4 is 41.3 Å². The number of aromatic nitrogens is 1. The summed E-state index contributed by atoms with van der Waals surface area (Å²) in [5.41, 5.74) is 0.999. The topological polar surface area (TPSA) is 56.9 Å². The van der Waals surface area contributed by atoms with Crippen LogP contribution in [0.25, 0.3) is 0 Å². The molecule has 1 aliphatic rings. The van der Waals surface area contributed by atoms with Gasteiger partial charge in [0.25, 0.3) is 0 Å². The van der Waals surface area contributed by atoms with E-state index in [2.05, 4.69) is 51.6 Å². The van der Waals surface area contributed by atoms with Crippen LogP contribution in [0.5, 0.6) is 0 Å². The lowest BCUT2D eigenvalue weighted by Gasteiger charge is -2.36. The predicted octanol–water partition coefficient (Wildman–Crippen LogP) is 3.24. The summed E-state index contributed by atoms with van der Waals surface area (Å²) in [7, 11) is 0. The van der Waals surface area contributed by atoms with Gasteiger partial charge in [-0.05, 0) is 18.4 Å². The molecule has 0 amide bonds. The molecule has 2 aromatic rings. The van der Waals surface area contributed by atoms with Crippen LogP contribution in [0.4, 0.5) is 0 Å². The highest BCUT2D eigenvalue weighted by Crippen LogP contribution is 2.20. The number of hydrogen-bond acceptors (Lipinski definition) is 5. The minimum absolute atomic E-state index is 0. The van der Waals surface area contributed by atoms with Crippen molar-refractivity contribution in [1.29, 1.82) is 0 Å². The molecular formula is C18H28IN5OS. The van der Waals surface area contributed by atoms with Crippen LogP contribution >= 0.6 is 35.3 Å². The lowest BCUT2D eigenvalue weighted by Crippen LogP contribution is -2.52. The Morgan fingerprint density at radius 3 is 2.77 bits per heavy atom. The number of nitrogens with zero attached hydrogens (tertiary/aromatic N) is 4. The lowest BCUT2D eigenvalue weighted by atomic mass is 10.1. The second-order valence-corrected chi connectivity index (χ2v) is 7.34. The van der Waals surface area contributed by atoms with E-state index < -0.39 is 0 Å². The molecule has 0 saturated carbocycles. The highest BCUT2D eigenvalue weighted by Gasteiger charge is 2.20. The maximum atomic E-state index is 4.92. The largest absolute Gasteiger partial charge is 0.364 e. The average molecular weight is 489 g/mol. The molecule has 3 rings (SSSR count). The van der Waals surface area contributed by atoms with Crippen LogP contribution in [0.15, 0.2) is 39.4 Å². The molecule has 1 saturated heterocycles. The van der Waals surface area contributed by atoms with Gasteiger partial charge in [0.15, 0.2) is 5.96 Å². The number of aliphatic imine (C=N–C) groups is 1. The van der Waals surface area contributed by atoms with Crippen LogP contribution in [0.2, 0.25) is 0 Å². The Kier molecular flexibility index (Phi) is 8.86. The van der Waals surface area contributed by atoms with Crippen molar-refractivity contribution < 1.29 is 4.52 Å². The minimum Gasteiger partial charge on any atom is -0.364 e. The quantitative estimate of drug-likeness (QED) is 0.384. The predicted molar refractivity (Wildman–Crippen MR) is 117 cm³/mol. The second kappa shape index (κ2) is 10.9. The van der Waals surface area contributed by atoms with E-state index in [1.54, 1.807) is 6.26 Å². The molecule has 1 N–H and O–H groups in total. The molecule has 144 valence electrons. The highest BCUT2D eigenvalue weighted by atomic mass is 127. The van der Waals surface area contributed by atoms with E-state index in [1.165, 1.54) is 4.88 Å². The van der Waals surface area contributed by atoms with Crippen molar-refractivity contribution in [3.8, 4) is 0 Å². The van der Waals surface area contributed by atoms with E-state index in [4.69, 9.17) is 9.52 Å². The molecule has 3 heterocycles. The van der Waals surface area contributed by atoms with Crippen LogP contribution < -0.4 is 5.32 Å². The van der Waals surface area contributed by atoms with E-state index >= 15 is 0 Å². The van der Waals surface area contributed by atoms with E-state index in [0.29, 0.717) is 5.92 Å². The van der Waals surface area contributed by atoms with Crippen LogP contribution in [-0.4, -0.2) is 60.2 Å². The number of rotatable bonds is 6. The van der Waals surface area contributed by atoms with Crippen LogP contribution in [0, 0.1) is 0 Å². The minimum atomic E-state index is 0. The van der Waals surface area contributed by atoms with Gasteiger partial charge in [0.1, 0.15) is 6.26 Å². The van der Waals surface area contributed by atoms with Gasteiger partial charge in [-0.1, -0.05) is 18.1 Å². The second-order valence-electron chi connectivity index (χ2n) is 6.37. The van der Waals surface area contributed by atoms with Crippen molar-refractivity contribution in [2.24, 2.45) is 4.99 Å². The lowest BCUT2D eigenvalue weighted by molar-refractivity contribution is 0.169. The zero-order valence-corrected chi connectivity index (χ0v) is 18.6. The Bertz CT molecular complexity index is 639. The third-order valence-corrected chi connectivity index (χ3v) is 5.53. The fourth-order valence-corrected chi connectivity index (χ4v) is 3.76. The van der Waals surface area contributed by atoms with Crippen LogP contribution in [-0.2, 0) is 6.54 Å². The van der Waals surface area contributed by atoms with Gasteiger partial charge in [-0.3, -0.25) is 9.89 Å². The molecule has 0 bridgehead atoms. The Labute approximate surface area is 176 Å². The molecule has 6 nitrogen and oxygen atoms in total. The SMILES string of the molecule is CCNC(=NCC(C)c1cccs1)N1CCN(Cc2ccon2)CC1.I. The Morgan fingerprint density at radius 2 is 2.15 bits per heavy atom. The Hall–Kier alpha value is -1.13. The van der Waals surface area contributed by atoms with Gasteiger partial charge in [0, 0.05) is 56.1 Å². The van der Waals surface area contributed by atoms with Gasteiger partial charge in [0.05, 0.1) is 12.2 Å². The summed E-state index contributed by atoms with van der Waals surface area (Å²) >= 11 is 1.81. The Balaban J connectivity index is 0.00000243. The zero-order chi connectivity index (χ0) is 17.5. The van der Waals surface area contributed by atoms with Gasteiger partial charge in [-0.15, -0.1) is 35.3 Å². The molecular weight excluding hydrogens is 461 g/mol. The van der Waals surface area contributed by atoms with E-state index in [-0.39, 0.29) is 24.0 Å². The normalized spacial score (nSPS) is 17.0. The maximum absolute atomic E-state index is 4.92. The van der Waals surface area contributed by atoms with Crippen molar-refractivity contribution in [1.82, 2.24) is 20.3 Å². The standard InChI is InChI=1S/C18H27N5OS.HI/c1-3-19-18(20-13-15(2)17-5-4-12-25-17)23-9-7-22(8-10-23)14-16-6-11-24-21-16;/h4-6,11-12,15H,3,7-10,13-14H2,1-2H3,(H,19,20);1H. The highest BCUT2D eigenvalue weighted by molar-refractivity contribution is 14.0. The first-order valence-corrected chi connectivity index (χ1v) is 9.82. The summed E-state index contributed by atoms with van der Waals surface area (Å²) in [6.07, 6.45) is 1.64. The third-order valence-electron chi connectivity index (χ3n) is 4.43. The number of hydrogen-bond donors (Lipinski definition) is 1. The summed E-state index contributed by atoms with van der Waals surface area (Å²) in [5.74, 6) is 1.49. The smallest absolute Gasteiger partial charge is 0.194 e. The molecule has 1 aliphatic heterocycles. The number of halogens is 1. The van der Waals surface area contributed by atoms with Crippen molar-refractivity contribution in [2.45, 2.75) is 26.3 Å². The summed E-state index contributed by atoms with van der Waals surface area (Å²) in [5, 5.41) is 9.58. The van der Waals surface area contributed by atoms with Crippen molar-refractivity contribution in [3.05, 3.63) is 40.4 Å². The molecule has 0 spiro atoms. The molecule has 1 fully saturated rings. The number of nitrogens with one attached hydrogen (secondary N) is 1. The summed E-state index contributed by atoms with van der Waals surface area (Å²) in [6, 6.07) is 6.24. The number of piperazine rings is 1. The molecule has 0 aromatic carbocycles. The van der Waals surface area contributed by atoms with E-state index in [9.17, 15) is 0 Å². The van der Waals surface area contributed by atoms with Crippen LogP contribution in [0.1, 0.15) is 30.3 Å². The number of guanidine groups is 1. The van der Waals surface area contributed by atoms with Gasteiger partial charge < -0.3 is 14.7 Å². The van der Waals surface area contributed by atoms with Gasteiger partial charge in [-0.2, -0.15) is 0 Å². The van der Waals surface area contributed by atoms with Gasteiger partial charge in [-0.25, -0.2) is 0 Å². The summed E-state index contributed by atoms with van der Waals surface area (Å²) < 4.78 is 4.92. The molecule has 0 aliphatic carbocycles. The van der Waals surface area contributed by atoms with Crippen molar-refractivity contribution in [3.63, 3.8) is 0 Å². The average Bonchev–Trinajstić information content (AvgIpc) is 3.33. The fourth-order valence-electron chi connectivity index (χ4n) is 2.98. The molecule has 1 unspecified atom stereocenters. The van der Waals surface area contributed by atoms with Gasteiger partial charge in [0.2, 0.25) is 0 Å². The first kappa shape index (κ1) is 21.2. The van der Waals surface area contributed by atoms with Crippen LogP contribution in [0.3, 0.4) is 0 Å². The summed E-state index contributed by atoms with van der Waals surface area (Å²) in [4.78, 5) is 11.1. The zero-order valence-electron chi connectivity index (χ0n) is 15.4. The van der Waals surface area contributed by atoms with Gasteiger partial charge >= 0.3 is 0 Å². The molecule has 0 radical (unpaired) electrons. The first-order valence-electron chi connectivity index (χ1n) is 8.94. The summed E-state index contributed by atoms with van der Waals surface area (Å²) in [6.45, 7) is 10.9. The Morgan fingerprint density at radius 1 is 1.35 bits per heavy atom. The first-order chi connectivity index (χ1) is 12.3.